The molecular weight excluding hydrogens is 438 g/mol. The van der Waals surface area contributed by atoms with Crippen molar-refractivity contribution in [3.8, 4) is 0 Å². The summed E-state index contributed by atoms with van der Waals surface area (Å²) in [5, 5.41) is 0. The van der Waals surface area contributed by atoms with E-state index in [1.54, 1.807) is 21.9 Å². The van der Waals surface area contributed by atoms with E-state index in [9.17, 15) is 14.0 Å². The monoisotopic (exact) mass is 460 g/mol. The number of carbonyl (C=O) groups excluding carboxylic acids is 2. The summed E-state index contributed by atoms with van der Waals surface area (Å²) >= 11 is 1.99. The zero-order valence-corrected chi connectivity index (χ0v) is 16.8. The van der Waals surface area contributed by atoms with Crippen LogP contribution in [-0.2, 0) is 4.74 Å². The van der Waals surface area contributed by atoms with Crippen molar-refractivity contribution >= 4 is 34.6 Å². The van der Waals surface area contributed by atoms with E-state index < -0.39 is 11.4 Å². The lowest BCUT2D eigenvalue weighted by atomic mass is 10.1. The largest absolute Gasteiger partial charge is 0.444 e. The second-order valence-electron chi connectivity index (χ2n) is 7.68. The maximum absolute atomic E-state index is 14.2. The summed E-state index contributed by atoms with van der Waals surface area (Å²) in [5.74, 6) is -0.786. The molecule has 2 amide bonds. The van der Waals surface area contributed by atoms with Gasteiger partial charge < -0.3 is 14.5 Å². The van der Waals surface area contributed by atoms with Crippen molar-refractivity contribution in [2.24, 2.45) is 0 Å². The molecule has 25 heavy (non-hydrogen) atoms. The minimum Gasteiger partial charge on any atom is -0.444 e. The topological polar surface area (TPSA) is 49.9 Å². The van der Waals surface area contributed by atoms with E-state index in [1.165, 1.54) is 6.07 Å². The van der Waals surface area contributed by atoms with Crippen LogP contribution in [0.4, 0.5) is 9.18 Å². The van der Waals surface area contributed by atoms with Crippen molar-refractivity contribution in [1.29, 1.82) is 0 Å². The SMILES string of the molecule is CC(C)(C)OC(=O)N1CCN(C(=O)c2c(F)cccc2I)C2(CC2)C1. The molecule has 1 saturated heterocycles. The van der Waals surface area contributed by atoms with Gasteiger partial charge in [-0.15, -0.1) is 0 Å². The predicted molar refractivity (Wildman–Crippen MR) is 99.9 cm³/mol. The molecule has 2 aliphatic rings. The van der Waals surface area contributed by atoms with E-state index in [4.69, 9.17) is 4.74 Å². The third kappa shape index (κ3) is 3.75. The van der Waals surface area contributed by atoms with Gasteiger partial charge in [-0.2, -0.15) is 0 Å². The van der Waals surface area contributed by atoms with E-state index >= 15 is 0 Å². The van der Waals surface area contributed by atoms with Crippen molar-refractivity contribution in [3.05, 3.63) is 33.1 Å². The molecule has 0 N–H and O–H groups in total. The number of carbonyl (C=O) groups is 2. The van der Waals surface area contributed by atoms with E-state index in [0.717, 1.165) is 12.8 Å². The summed E-state index contributed by atoms with van der Waals surface area (Å²) in [7, 11) is 0. The van der Waals surface area contributed by atoms with Crippen LogP contribution in [-0.4, -0.2) is 52.6 Å². The molecule has 1 aliphatic heterocycles. The zero-order valence-electron chi connectivity index (χ0n) is 14.6. The third-order valence-corrected chi connectivity index (χ3v) is 5.45. The van der Waals surface area contributed by atoms with Gasteiger partial charge in [-0.05, 0) is 68.3 Å². The molecule has 0 unspecified atom stereocenters. The Hall–Kier alpha value is -1.38. The summed E-state index contributed by atoms with van der Waals surface area (Å²) < 4.78 is 20.2. The molecular formula is C18H22FIN2O3. The molecule has 0 atom stereocenters. The average Bonchev–Trinajstić information content (AvgIpc) is 3.24. The number of hydrogen-bond acceptors (Lipinski definition) is 3. The molecule has 0 aromatic heterocycles. The Balaban J connectivity index is 1.77. The molecule has 0 radical (unpaired) electrons. The Labute approximate surface area is 160 Å². The fraction of sp³-hybridized carbons (Fsp3) is 0.556. The first-order valence-corrected chi connectivity index (χ1v) is 9.45. The quantitative estimate of drug-likeness (QED) is 0.602. The molecule has 0 bridgehead atoms. The van der Waals surface area contributed by atoms with Crippen LogP contribution < -0.4 is 0 Å². The molecule has 1 saturated carbocycles. The Morgan fingerprint density at radius 3 is 2.48 bits per heavy atom. The van der Waals surface area contributed by atoms with E-state index in [-0.39, 0.29) is 23.1 Å². The van der Waals surface area contributed by atoms with Gasteiger partial charge in [0.05, 0.1) is 11.1 Å². The first-order valence-electron chi connectivity index (χ1n) is 8.37. The van der Waals surface area contributed by atoms with Gasteiger partial charge >= 0.3 is 6.09 Å². The van der Waals surface area contributed by atoms with Crippen molar-refractivity contribution in [3.63, 3.8) is 0 Å². The number of hydrogen-bond donors (Lipinski definition) is 0. The molecule has 1 aromatic carbocycles. The first kappa shape index (κ1) is 18.4. The van der Waals surface area contributed by atoms with E-state index in [0.29, 0.717) is 23.2 Å². The lowest BCUT2D eigenvalue weighted by Gasteiger charge is -2.42. The predicted octanol–water partition coefficient (Wildman–Crippen LogP) is 3.66. The lowest BCUT2D eigenvalue weighted by molar-refractivity contribution is 0.000490. The molecule has 5 nitrogen and oxygen atoms in total. The molecule has 3 rings (SSSR count). The molecule has 136 valence electrons. The van der Waals surface area contributed by atoms with Crippen molar-refractivity contribution in [2.75, 3.05) is 19.6 Å². The Bertz CT molecular complexity index is 693. The highest BCUT2D eigenvalue weighted by atomic mass is 127. The average molecular weight is 460 g/mol. The van der Waals surface area contributed by atoms with Crippen LogP contribution in [0.25, 0.3) is 0 Å². The molecule has 1 aliphatic carbocycles. The van der Waals surface area contributed by atoms with Gasteiger partial charge in [-0.3, -0.25) is 4.79 Å². The van der Waals surface area contributed by atoms with Crippen LogP contribution in [0.15, 0.2) is 18.2 Å². The number of rotatable bonds is 1. The number of amides is 2. The summed E-state index contributed by atoms with van der Waals surface area (Å²) in [6, 6.07) is 4.64. The zero-order chi connectivity index (χ0) is 18.4. The Kier molecular flexibility index (Phi) is 4.72. The van der Waals surface area contributed by atoms with Crippen LogP contribution in [0, 0.1) is 9.39 Å². The molecule has 2 fully saturated rings. The lowest BCUT2D eigenvalue weighted by Crippen LogP contribution is -2.59. The molecule has 1 heterocycles. The normalized spacial score (nSPS) is 19.1. The second-order valence-corrected chi connectivity index (χ2v) is 8.84. The van der Waals surface area contributed by atoms with Crippen LogP contribution in [0.3, 0.4) is 0 Å². The summed E-state index contributed by atoms with van der Waals surface area (Å²) in [4.78, 5) is 28.7. The number of piperazine rings is 1. The van der Waals surface area contributed by atoms with Gasteiger partial charge in [0.25, 0.3) is 5.91 Å². The van der Waals surface area contributed by atoms with Crippen LogP contribution in [0.1, 0.15) is 44.0 Å². The van der Waals surface area contributed by atoms with E-state index in [1.807, 2.05) is 43.4 Å². The van der Waals surface area contributed by atoms with Gasteiger partial charge in [0.2, 0.25) is 0 Å². The third-order valence-electron chi connectivity index (χ3n) is 4.55. The second kappa shape index (κ2) is 6.41. The first-order chi connectivity index (χ1) is 11.6. The Morgan fingerprint density at radius 1 is 1.24 bits per heavy atom. The highest BCUT2D eigenvalue weighted by Crippen LogP contribution is 2.45. The van der Waals surface area contributed by atoms with Crippen molar-refractivity contribution < 1.29 is 18.7 Å². The fourth-order valence-electron chi connectivity index (χ4n) is 3.19. The standard InChI is InChI=1S/C18H22FIN2O3/c1-17(2,3)25-16(24)21-9-10-22(18(11-21)7-8-18)15(23)14-12(19)5-4-6-13(14)20/h4-6H,7-11H2,1-3H3. The van der Waals surface area contributed by atoms with Gasteiger partial charge in [-0.1, -0.05) is 6.07 Å². The summed E-state index contributed by atoms with van der Waals surface area (Å²) in [6.07, 6.45) is 1.29. The maximum Gasteiger partial charge on any atom is 0.410 e. The number of ether oxygens (including phenoxy) is 1. The minimum atomic E-state index is -0.552. The van der Waals surface area contributed by atoms with Crippen LogP contribution >= 0.6 is 22.6 Å². The number of halogens is 2. The van der Waals surface area contributed by atoms with Crippen molar-refractivity contribution in [2.45, 2.75) is 44.8 Å². The van der Waals surface area contributed by atoms with Gasteiger partial charge in [-0.25, -0.2) is 9.18 Å². The molecule has 1 spiro atoms. The summed E-state index contributed by atoms with van der Waals surface area (Å²) in [6.45, 7) is 6.72. The molecule has 7 heteroatoms. The fourth-order valence-corrected chi connectivity index (χ4v) is 3.88. The van der Waals surface area contributed by atoms with Gasteiger partial charge in [0.1, 0.15) is 11.4 Å². The summed E-state index contributed by atoms with van der Waals surface area (Å²) in [5.41, 5.74) is -0.804. The number of benzene rings is 1. The highest BCUT2D eigenvalue weighted by Gasteiger charge is 2.54. The maximum atomic E-state index is 14.2. The Morgan fingerprint density at radius 2 is 1.92 bits per heavy atom. The van der Waals surface area contributed by atoms with Gasteiger partial charge in [0.15, 0.2) is 0 Å². The van der Waals surface area contributed by atoms with Crippen LogP contribution in [0.2, 0.25) is 0 Å². The molecule has 1 aromatic rings. The van der Waals surface area contributed by atoms with E-state index in [2.05, 4.69) is 0 Å². The van der Waals surface area contributed by atoms with Gasteiger partial charge in [0, 0.05) is 23.2 Å². The number of nitrogens with zero attached hydrogens (tertiary/aromatic N) is 2. The highest BCUT2D eigenvalue weighted by molar-refractivity contribution is 14.1. The minimum absolute atomic E-state index is 0.125. The van der Waals surface area contributed by atoms with Crippen LogP contribution in [0.5, 0.6) is 0 Å². The van der Waals surface area contributed by atoms with Crippen molar-refractivity contribution in [1.82, 2.24) is 9.80 Å². The smallest absolute Gasteiger partial charge is 0.410 e.